The van der Waals surface area contributed by atoms with Gasteiger partial charge >= 0.3 is 0 Å². The maximum absolute atomic E-state index is 6.39. The number of nitrogens with one attached hydrogen (secondary N) is 1. The fraction of sp³-hybridized carbons (Fsp3) is 0.600. The van der Waals surface area contributed by atoms with Crippen LogP contribution >= 0.6 is 27.5 Å². The van der Waals surface area contributed by atoms with E-state index in [4.69, 9.17) is 11.6 Å². The van der Waals surface area contributed by atoms with Gasteiger partial charge in [0, 0.05) is 23.1 Å². The van der Waals surface area contributed by atoms with E-state index in [-0.39, 0.29) is 5.54 Å². The van der Waals surface area contributed by atoms with E-state index in [0.29, 0.717) is 0 Å². The number of benzene rings is 1. The first-order valence-corrected chi connectivity index (χ1v) is 8.21. The van der Waals surface area contributed by atoms with E-state index in [1.807, 2.05) is 12.1 Å². The highest BCUT2D eigenvalue weighted by molar-refractivity contribution is 9.10. The monoisotopic (exact) mass is 342 g/mol. The number of rotatable bonds is 2. The lowest BCUT2D eigenvalue weighted by molar-refractivity contribution is 0.331. The van der Waals surface area contributed by atoms with Gasteiger partial charge in [-0.05, 0) is 56.8 Å². The molecular weight excluding hydrogens is 324 g/mol. The number of hydrogen-bond donors (Lipinski definition) is 1. The van der Waals surface area contributed by atoms with Crippen LogP contribution in [0.3, 0.4) is 0 Å². The van der Waals surface area contributed by atoms with Crippen LogP contribution < -0.4 is 10.2 Å². The molecule has 4 heteroatoms. The molecule has 2 aliphatic rings. The van der Waals surface area contributed by atoms with Gasteiger partial charge in [0.05, 0.1) is 10.7 Å². The third-order valence-electron chi connectivity index (χ3n) is 4.38. The van der Waals surface area contributed by atoms with Crippen LogP contribution in [0, 0.1) is 5.92 Å². The fourth-order valence-electron chi connectivity index (χ4n) is 3.10. The van der Waals surface area contributed by atoms with Crippen molar-refractivity contribution in [1.82, 2.24) is 5.32 Å². The van der Waals surface area contributed by atoms with Gasteiger partial charge in [-0.1, -0.05) is 27.5 Å². The number of nitrogens with zero attached hydrogens (tertiary/aromatic N) is 1. The van der Waals surface area contributed by atoms with E-state index in [1.165, 1.54) is 19.3 Å². The highest BCUT2D eigenvalue weighted by Gasteiger charge is 2.43. The summed E-state index contributed by atoms with van der Waals surface area (Å²) in [5.74, 6) is 0.832. The lowest BCUT2D eigenvalue weighted by Gasteiger charge is -2.35. The maximum atomic E-state index is 6.39. The second kappa shape index (κ2) is 5.27. The lowest BCUT2D eigenvalue weighted by atomic mass is 9.95. The number of hydrogen-bond acceptors (Lipinski definition) is 2. The summed E-state index contributed by atoms with van der Waals surface area (Å²) in [6, 6.07) is 6.12. The molecule has 1 aliphatic heterocycles. The number of halogens is 2. The molecule has 1 heterocycles. The molecule has 1 saturated carbocycles. The Bertz CT molecular complexity index is 475. The Morgan fingerprint density at radius 2 is 2.21 bits per heavy atom. The van der Waals surface area contributed by atoms with Gasteiger partial charge in [-0.15, -0.1) is 0 Å². The first-order valence-electron chi connectivity index (χ1n) is 7.03. The minimum absolute atomic E-state index is 0.238. The molecule has 1 aromatic rings. The van der Waals surface area contributed by atoms with Gasteiger partial charge in [-0.2, -0.15) is 0 Å². The molecule has 0 radical (unpaired) electrons. The minimum atomic E-state index is 0.238. The zero-order chi connectivity index (χ0) is 13.5. The maximum Gasteiger partial charge on any atom is 0.0640 e. The molecular formula is C15H20BrClN2. The fourth-order valence-corrected chi connectivity index (χ4v) is 3.69. The van der Waals surface area contributed by atoms with Crippen molar-refractivity contribution < 1.29 is 0 Å². The van der Waals surface area contributed by atoms with E-state index in [2.05, 4.69) is 39.1 Å². The Morgan fingerprint density at radius 3 is 2.95 bits per heavy atom. The van der Waals surface area contributed by atoms with E-state index in [1.54, 1.807) is 0 Å². The molecule has 1 atom stereocenters. The van der Waals surface area contributed by atoms with Crippen LogP contribution in [0.25, 0.3) is 0 Å². The average molecular weight is 344 g/mol. The summed E-state index contributed by atoms with van der Waals surface area (Å²) < 4.78 is 1.09. The van der Waals surface area contributed by atoms with E-state index >= 15 is 0 Å². The van der Waals surface area contributed by atoms with Gasteiger partial charge in [0.2, 0.25) is 0 Å². The van der Waals surface area contributed by atoms with Gasteiger partial charge in [-0.3, -0.25) is 0 Å². The van der Waals surface area contributed by atoms with E-state index < -0.39 is 0 Å². The summed E-state index contributed by atoms with van der Waals surface area (Å²) in [6.07, 6.45) is 3.90. The van der Waals surface area contributed by atoms with Crippen molar-refractivity contribution in [2.75, 3.05) is 24.5 Å². The van der Waals surface area contributed by atoms with Crippen LogP contribution in [-0.4, -0.2) is 25.2 Å². The Morgan fingerprint density at radius 1 is 1.42 bits per heavy atom. The normalized spacial score (nSPS) is 28.3. The second-order valence-corrected chi connectivity index (χ2v) is 7.31. The molecule has 0 spiro atoms. The molecule has 2 nitrogen and oxygen atoms in total. The minimum Gasteiger partial charge on any atom is -0.368 e. The predicted molar refractivity (Wildman–Crippen MR) is 85.1 cm³/mol. The van der Waals surface area contributed by atoms with Crippen LogP contribution in [0.1, 0.15) is 26.2 Å². The molecule has 1 saturated heterocycles. The molecule has 1 aliphatic carbocycles. The summed E-state index contributed by atoms with van der Waals surface area (Å²) in [6.45, 7) is 5.60. The second-order valence-electron chi connectivity index (χ2n) is 5.99. The zero-order valence-corrected chi connectivity index (χ0v) is 13.6. The third kappa shape index (κ3) is 2.93. The summed E-state index contributed by atoms with van der Waals surface area (Å²) in [5, 5.41) is 4.61. The Kier molecular flexibility index (Phi) is 3.80. The smallest absolute Gasteiger partial charge is 0.0640 e. The molecule has 0 bridgehead atoms. The Balaban J connectivity index is 1.88. The Labute approximate surface area is 128 Å². The highest BCUT2D eigenvalue weighted by Crippen LogP contribution is 2.42. The molecule has 0 amide bonds. The lowest BCUT2D eigenvalue weighted by Crippen LogP contribution is -2.51. The largest absolute Gasteiger partial charge is 0.368 e. The topological polar surface area (TPSA) is 15.3 Å². The summed E-state index contributed by atoms with van der Waals surface area (Å²) >= 11 is 9.94. The van der Waals surface area contributed by atoms with Crippen LogP contribution in [0.5, 0.6) is 0 Å². The van der Waals surface area contributed by atoms with Crippen molar-refractivity contribution in [3.63, 3.8) is 0 Å². The Hall–Kier alpha value is -0.250. The van der Waals surface area contributed by atoms with Gasteiger partial charge in [0.25, 0.3) is 0 Å². The van der Waals surface area contributed by atoms with Crippen molar-refractivity contribution in [2.45, 2.75) is 31.7 Å². The van der Waals surface area contributed by atoms with E-state index in [0.717, 1.165) is 40.7 Å². The molecule has 1 aromatic carbocycles. The van der Waals surface area contributed by atoms with Gasteiger partial charge in [-0.25, -0.2) is 0 Å². The SMILES string of the molecule is CC1(C2CC2)CN(c2cc(Br)ccc2Cl)CCCN1. The quantitative estimate of drug-likeness (QED) is 0.871. The third-order valence-corrected chi connectivity index (χ3v) is 5.19. The standard InChI is InChI=1S/C15H20BrClN2/c1-15(11-3-4-11)10-19(8-2-7-18-15)14-9-12(16)5-6-13(14)17/h5-6,9,11,18H,2-4,7-8,10H2,1H3. The molecule has 1 unspecified atom stereocenters. The van der Waals surface area contributed by atoms with E-state index in [9.17, 15) is 0 Å². The summed E-state index contributed by atoms with van der Waals surface area (Å²) in [4.78, 5) is 2.45. The van der Waals surface area contributed by atoms with Crippen molar-refractivity contribution in [3.8, 4) is 0 Å². The van der Waals surface area contributed by atoms with Gasteiger partial charge in [0.1, 0.15) is 0 Å². The molecule has 104 valence electrons. The molecule has 2 fully saturated rings. The zero-order valence-electron chi connectivity index (χ0n) is 11.3. The summed E-state index contributed by atoms with van der Waals surface area (Å²) in [5.41, 5.74) is 1.40. The molecule has 19 heavy (non-hydrogen) atoms. The van der Waals surface area contributed by atoms with Crippen molar-refractivity contribution >= 4 is 33.2 Å². The van der Waals surface area contributed by atoms with Gasteiger partial charge < -0.3 is 10.2 Å². The van der Waals surface area contributed by atoms with Crippen LogP contribution in [-0.2, 0) is 0 Å². The first-order chi connectivity index (χ1) is 9.08. The molecule has 1 N–H and O–H groups in total. The predicted octanol–water partition coefficient (Wildman–Crippen LogP) is 4.07. The molecule has 3 rings (SSSR count). The van der Waals surface area contributed by atoms with Crippen molar-refractivity contribution in [2.24, 2.45) is 5.92 Å². The van der Waals surface area contributed by atoms with Gasteiger partial charge in [0.15, 0.2) is 0 Å². The van der Waals surface area contributed by atoms with Crippen LogP contribution in [0.2, 0.25) is 5.02 Å². The highest BCUT2D eigenvalue weighted by atomic mass is 79.9. The van der Waals surface area contributed by atoms with Crippen LogP contribution in [0.4, 0.5) is 5.69 Å². The van der Waals surface area contributed by atoms with Crippen LogP contribution in [0.15, 0.2) is 22.7 Å². The average Bonchev–Trinajstić information content (AvgIpc) is 3.19. The first kappa shape index (κ1) is 13.7. The molecule has 0 aromatic heterocycles. The number of anilines is 1. The summed E-state index contributed by atoms with van der Waals surface area (Å²) in [7, 11) is 0. The van der Waals surface area contributed by atoms with Crippen molar-refractivity contribution in [3.05, 3.63) is 27.7 Å². The van der Waals surface area contributed by atoms with Crippen molar-refractivity contribution in [1.29, 1.82) is 0 Å².